The fraction of sp³-hybridized carbons (Fsp3) is 0.455. The average Bonchev–Trinajstić information content (AvgIpc) is 2.23. The van der Waals surface area contributed by atoms with E-state index in [1.54, 1.807) is 14.0 Å². The summed E-state index contributed by atoms with van der Waals surface area (Å²) in [5, 5.41) is 22.3. The van der Waals surface area contributed by atoms with Crippen LogP contribution in [-0.2, 0) is 0 Å². The molecule has 0 saturated heterocycles. The monoisotopic (exact) mass is 247 g/mol. The van der Waals surface area contributed by atoms with E-state index in [4.69, 9.17) is 11.6 Å². The summed E-state index contributed by atoms with van der Waals surface area (Å²) in [6, 6.07) is 2.59. The van der Waals surface area contributed by atoms with Crippen LogP contribution in [0.1, 0.15) is 17.2 Å². The minimum Gasteiger partial charge on any atom is -0.389 e. The van der Waals surface area contributed by atoms with E-state index in [-0.39, 0.29) is 12.1 Å². The molecular weight excluding hydrogens is 233 g/mol. The van der Waals surface area contributed by atoms with Gasteiger partial charge in [0.2, 0.25) is 0 Å². The fourth-order valence-electron chi connectivity index (χ4n) is 1.43. The third kappa shape index (κ3) is 2.92. The summed E-state index contributed by atoms with van der Waals surface area (Å²) < 4.78 is 13.5. The number of rotatable bonds is 4. The molecule has 3 nitrogen and oxygen atoms in total. The van der Waals surface area contributed by atoms with Gasteiger partial charge in [-0.1, -0.05) is 11.6 Å². The molecular formula is C11H15ClFNO2. The molecule has 5 heteroatoms. The lowest BCUT2D eigenvalue weighted by atomic mass is 10.0. The van der Waals surface area contributed by atoms with Gasteiger partial charge in [-0.05, 0) is 31.7 Å². The Morgan fingerprint density at radius 1 is 1.44 bits per heavy atom. The molecule has 1 aromatic rings. The first-order valence-corrected chi connectivity index (χ1v) is 5.31. The lowest BCUT2D eigenvalue weighted by molar-refractivity contribution is 0.0181. The van der Waals surface area contributed by atoms with Crippen molar-refractivity contribution in [3.05, 3.63) is 34.1 Å². The molecule has 0 saturated carbocycles. The highest BCUT2D eigenvalue weighted by atomic mass is 35.5. The topological polar surface area (TPSA) is 52.5 Å². The van der Waals surface area contributed by atoms with Crippen LogP contribution in [0.5, 0.6) is 0 Å². The minimum atomic E-state index is -1.26. The predicted molar refractivity (Wildman–Crippen MR) is 61.0 cm³/mol. The van der Waals surface area contributed by atoms with Crippen LogP contribution in [-0.4, -0.2) is 29.9 Å². The van der Waals surface area contributed by atoms with Crippen LogP contribution in [0, 0.1) is 12.7 Å². The number of halogens is 2. The molecule has 0 aliphatic heterocycles. The maximum absolute atomic E-state index is 13.5. The van der Waals surface area contributed by atoms with Crippen LogP contribution in [0.25, 0.3) is 0 Å². The third-order valence-corrected chi connectivity index (χ3v) is 2.78. The molecule has 0 aliphatic carbocycles. The Labute approximate surface area is 98.9 Å². The zero-order valence-corrected chi connectivity index (χ0v) is 9.92. The molecule has 0 radical (unpaired) electrons. The number of nitrogens with one attached hydrogen (secondary N) is 1. The second kappa shape index (κ2) is 5.59. The molecule has 2 unspecified atom stereocenters. The molecule has 1 aromatic carbocycles. The summed E-state index contributed by atoms with van der Waals surface area (Å²) in [7, 11) is 1.64. The summed E-state index contributed by atoms with van der Waals surface area (Å²) in [4.78, 5) is 0. The van der Waals surface area contributed by atoms with E-state index in [1.807, 2.05) is 0 Å². The second-order valence-corrected chi connectivity index (χ2v) is 4.10. The van der Waals surface area contributed by atoms with Gasteiger partial charge in [0.15, 0.2) is 0 Å². The summed E-state index contributed by atoms with van der Waals surface area (Å²) in [6.07, 6.45) is -2.32. The Balaban J connectivity index is 2.99. The van der Waals surface area contributed by atoms with Crippen LogP contribution in [0.15, 0.2) is 12.1 Å². The average molecular weight is 248 g/mol. The number of aliphatic hydroxyl groups excluding tert-OH is 2. The van der Waals surface area contributed by atoms with Gasteiger partial charge >= 0.3 is 0 Å². The minimum absolute atomic E-state index is 0.0599. The van der Waals surface area contributed by atoms with Crippen LogP contribution < -0.4 is 5.32 Å². The van der Waals surface area contributed by atoms with Crippen molar-refractivity contribution in [1.29, 1.82) is 0 Å². The van der Waals surface area contributed by atoms with Crippen LogP contribution in [0.4, 0.5) is 4.39 Å². The molecule has 16 heavy (non-hydrogen) atoms. The smallest absolute Gasteiger partial charge is 0.130 e. The normalized spacial score (nSPS) is 14.9. The van der Waals surface area contributed by atoms with Crippen molar-refractivity contribution >= 4 is 11.6 Å². The number of likely N-dealkylation sites (N-methyl/N-ethyl adjacent to an activating group) is 1. The Morgan fingerprint density at radius 2 is 2.06 bits per heavy atom. The lowest BCUT2D eigenvalue weighted by Gasteiger charge is -2.19. The van der Waals surface area contributed by atoms with E-state index in [1.165, 1.54) is 6.07 Å². The maximum atomic E-state index is 13.5. The third-order valence-electron chi connectivity index (χ3n) is 2.37. The summed E-state index contributed by atoms with van der Waals surface area (Å²) >= 11 is 5.73. The molecule has 1 rings (SSSR count). The van der Waals surface area contributed by atoms with Crippen molar-refractivity contribution < 1.29 is 14.6 Å². The lowest BCUT2D eigenvalue weighted by Crippen LogP contribution is -2.30. The Morgan fingerprint density at radius 3 is 2.62 bits per heavy atom. The molecule has 0 amide bonds. The van der Waals surface area contributed by atoms with Crippen molar-refractivity contribution in [2.24, 2.45) is 0 Å². The van der Waals surface area contributed by atoms with Gasteiger partial charge < -0.3 is 15.5 Å². The highest BCUT2D eigenvalue weighted by Gasteiger charge is 2.21. The number of hydrogen-bond donors (Lipinski definition) is 3. The zero-order valence-electron chi connectivity index (χ0n) is 9.17. The molecule has 0 spiro atoms. The van der Waals surface area contributed by atoms with Gasteiger partial charge in [-0.3, -0.25) is 0 Å². The number of aryl methyl sites for hydroxylation is 1. The van der Waals surface area contributed by atoms with Gasteiger partial charge in [0.1, 0.15) is 11.9 Å². The first-order valence-electron chi connectivity index (χ1n) is 4.93. The van der Waals surface area contributed by atoms with Crippen LogP contribution >= 0.6 is 11.6 Å². The van der Waals surface area contributed by atoms with Gasteiger partial charge in [-0.15, -0.1) is 0 Å². The molecule has 90 valence electrons. The fourth-order valence-corrected chi connectivity index (χ4v) is 1.58. The molecule has 3 N–H and O–H groups in total. The Bertz CT molecular complexity index is 373. The Kier molecular flexibility index (Phi) is 4.68. The van der Waals surface area contributed by atoms with Crippen molar-refractivity contribution in [3.8, 4) is 0 Å². The van der Waals surface area contributed by atoms with E-state index >= 15 is 0 Å². The van der Waals surface area contributed by atoms with Gasteiger partial charge in [0, 0.05) is 17.1 Å². The second-order valence-electron chi connectivity index (χ2n) is 3.69. The quantitative estimate of drug-likeness (QED) is 0.754. The van der Waals surface area contributed by atoms with Crippen molar-refractivity contribution in [2.45, 2.75) is 19.1 Å². The SMILES string of the molecule is CNCC(O)C(O)c1cc(C)c(Cl)cc1F. The van der Waals surface area contributed by atoms with E-state index < -0.39 is 18.0 Å². The van der Waals surface area contributed by atoms with Crippen molar-refractivity contribution in [1.82, 2.24) is 5.32 Å². The van der Waals surface area contributed by atoms with E-state index in [0.29, 0.717) is 10.6 Å². The molecule has 0 heterocycles. The van der Waals surface area contributed by atoms with E-state index in [9.17, 15) is 14.6 Å². The van der Waals surface area contributed by atoms with Gasteiger partial charge in [-0.2, -0.15) is 0 Å². The highest BCUT2D eigenvalue weighted by Crippen LogP contribution is 2.26. The van der Waals surface area contributed by atoms with Gasteiger partial charge in [-0.25, -0.2) is 4.39 Å². The molecule has 2 atom stereocenters. The largest absolute Gasteiger partial charge is 0.389 e. The van der Waals surface area contributed by atoms with Gasteiger partial charge in [0.05, 0.1) is 6.10 Å². The standard InChI is InChI=1S/C11H15ClFNO2/c1-6-3-7(9(13)4-8(6)12)11(16)10(15)5-14-2/h3-4,10-11,14-16H,5H2,1-2H3. The zero-order chi connectivity index (χ0) is 12.3. The van der Waals surface area contributed by atoms with Gasteiger partial charge in [0.25, 0.3) is 0 Å². The molecule has 0 aromatic heterocycles. The summed E-state index contributed by atoms with van der Waals surface area (Å²) in [5.74, 6) is -0.613. The number of benzene rings is 1. The Hall–Kier alpha value is -0.680. The molecule has 0 aliphatic rings. The number of hydrogen-bond acceptors (Lipinski definition) is 3. The number of aliphatic hydroxyl groups is 2. The first kappa shape index (κ1) is 13.4. The summed E-state index contributed by atoms with van der Waals surface area (Å²) in [6.45, 7) is 1.89. The highest BCUT2D eigenvalue weighted by molar-refractivity contribution is 6.31. The van der Waals surface area contributed by atoms with Crippen LogP contribution in [0.2, 0.25) is 5.02 Å². The maximum Gasteiger partial charge on any atom is 0.130 e. The van der Waals surface area contributed by atoms with E-state index in [2.05, 4.69) is 5.32 Å². The van der Waals surface area contributed by atoms with Crippen LogP contribution in [0.3, 0.4) is 0 Å². The van der Waals surface area contributed by atoms with E-state index in [0.717, 1.165) is 6.07 Å². The van der Waals surface area contributed by atoms with Crippen molar-refractivity contribution in [2.75, 3.05) is 13.6 Å². The molecule has 0 fully saturated rings. The molecule has 0 bridgehead atoms. The van der Waals surface area contributed by atoms with Crippen molar-refractivity contribution in [3.63, 3.8) is 0 Å². The summed E-state index contributed by atoms with van der Waals surface area (Å²) in [5.41, 5.74) is 0.721. The first-order chi connectivity index (χ1) is 7.47. The predicted octanol–water partition coefficient (Wildman–Crippen LogP) is 1.40.